The number of nitrogens with two attached hydrogens (primary N) is 1. The number of fused-ring (bicyclic) bond motifs is 1. The van der Waals surface area contributed by atoms with E-state index < -0.39 is 0 Å². The molecule has 2 aromatic rings. The molecule has 0 aliphatic carbocycles. The van der Waals surface area contributed by atoms with Gasteiger partial charge < -0.3 is 10.6 Å². The van der Waals surface area contributed by atoms with Crippen LogP contribution in [0.1, 0.15) is 26.5 Å². The van der Waals surface area contributed by atoms with E-state index in [-0.39, 0.29) is 10.9 Å². The number of aromatic nitrogens is 1. The fourth-order valence-electron chi connectivity index (χ4n) is 2.25. The molecule has 4 nitrogen and oxygen atoms in total. The average Bonchev–Trinajstić information content (AvgIpc) is 2.94. The topological polar surface area (TPSA) is 59.2 Å². The van der Waals surface area contributed by atoms with Gasteiger partial charge in [-0.2, -0.15) is 0 Å². The predicted molar refractivity (Wildman–Crippen MR) is 82.9 cm³/mol. The first-order valence-corrected chi connectivity index (χ1v) is 7.54. The van der Waals surface area contributed by atoms with Crippen molar-refractivity contribution in [1.29, 1.82) is 0 Å². The van der Waals surface area contributed by atoms with E-state index in [4.69, 9.17) is 18.0 Å². The van der Waals surface area contributed by atoms with Crippen molar-refractivity contribution in [2.45, 2.75) is 13.0 Å². The molecule has 1 aliphatic heterocycles. The molecule has 2 aromatic heterocycles. The van der Waals surface area contributed by atoms with Gasteiger partial charge >= 0.3 is 0 Å². The standard InChI is InChI=1S/C14H13N3OS2/c15-13(19)9-1-2-11(16-7-9)14(18)17-5-3-12-10(8-17)4-6-20-12/h1-2,4,6-7H,3,5,8H2,(H2,15,19). The number of hydrogen-bond acceptors (Lipinski definition) is 4. The van der Waals surface area contributed by atoms with Crippen molar-refractivity contribution >= 4 is 34.5 Å². The highest BCUT2D eigenvalue weighted by Crippen LogP contribution is 2.24. The minimum absolute atomic E-state index is 0.0451. The maximum absolute atomic E-state index is 12.4. The maximum Gasteiger partial charge on any atom is 0.272 e. The molecule has 2 N–H and O–H groups in total. The molecule has 0 spiro atoms. The smallest absolute Gasteiger partial charge is 0.272 e. The minimum Gasteiger partial charge on any atom is -0.389 e. The molecule has 20 heavy (non-hydrogen) atoms. The number of rotatable bonds is 2. The highest BCUT2D eigenvalue weighted by atomic mass is 32.1. The van der Waals surface area contributed by atoms with Gasteiger partial charge in [-0.1, -0.05) is 12.2 Å². The van der Waals surface area contributed by atoms with Gasteiger partial charge in [-0.05, 0) is 35.6 Å². The molecule has 102 valence electrons. The number of amides is 1. The summed E-state index contributed by atoms with van der Waals surface area (Å²) in [4.78, 5) is 20.1. The normalized spacial score (nSPS) is 13.9. The molecule has 0 unspecified atom stereocenters. The van der Waals surface area contributed by atoms with Crippen LogP contribution in [-0.2, 0) is 13.0 Å². The lowest BCUT2D eigenvalue weighted by molar-refractivity contribution is 0.0730. The van der Waals surface area contributed by atoms with Gasteiger partial charge in [0.05, 0.1) is 0 Å². The molecular weight excluding hydrogens is 290 g/mol. The highest BCUT2D eigenvalue weighted by Gasteiger charge is 2.23. The Bertz CT molecular complexity index is 663. The van der Waals surface area contributed by atoms with Crippen molar-refractivity contribution < 1.29 is 4.79 Å². The Morgan fingerprint density at radius 1 is 1.40 bits per heavy atom. The van der Waals surface area contributed by atoms with Crippen LogP contribution in [0.15, 0.2) is 29.8 Å². The van der Waals surface area contributed by atoms with Crippen LogP contribution in [0.5, 0.6) is 0 Å². The summed E-state index contributed by atoms with van der Waals surface area (Å²) in [5.74, 6) is -0.0451. The molecule has 6 heteroatoms. The monoisotopic (exact) mass is 303 g/mol. The Labute approximate surface area is 126 Å². The molecule has 0 saturated carbocycles. The van der Waals surface area contributed by atoms with Crippen LogP contribution >= 0.6 is 23.6 Å². The summed E-state index contributed by atoms with van der Waals surface area (Å²) in [5.41, 5.74) is 7.88. The third kappa shape index (κ3) is 2.44. The second kappa shape index (κ2) is 5.30. The van der Waals surface area contributed by atoms with E-state index in [9.17, 15) is 4.79 Å². The number of hydrogen-bond donors (Lipinski definition) is 1. The minimum atomic E-state index is -0.0451. The largest absolute Gasteiger partial charge is 0.389 e. The van der Waals surface area contributed by atoms with Crippen LogP contribution in [-0.4, -0.2) is 27.3 Å². The summed E-state index contributed by atoms with van der Waals surface area (Å²) in [6, 6.07) is 5.51. The van der Waals surface area contributed by atoms with Crippen LogP contribution in [0.4, 0.5) is 0 Å². The SMILES string of the molecule is NC(=S)c1ccc(C(=O)N2CCc3sccc3C2)nc1. The van der Waals surface area contributed by atoms with E-state index in [1.54, 1.807) is 29.7 Å². The maximum atomic E-state index is 12.4. The van der Waals surface area contributed by atoms with Crippen LogP contribution < -0.4 is 5.73 Å². The lowest BCUT2D eigenvalue weighted by Gasteiger charge is -2.26. The van der Waals surface area contributed by atoms with E-state index in [0.29, 0.717) is 17.8 Å². The van der Waals surface area contributed by atoms with Crippen molar-refractivity contribution in [2.24, 2.45) is 5.73 Å². The Morgan fingerprint density at radius 3 is 2.95 bits per heavy atom. The van der Waals surface area contributed by atoms with Crippen molar-refractivity contribution in [1.82, 2.24) is 9.88 Å². The molecule has 0 saturated heterocycles. The molecule has 0 fully saturated rings. The summed E-state index contributed by atoms with van der Waals surface area (Å²) in [5, 5.41) is 2.08. The quantitative estimate of drug-likeness (QED) is 0.862. The van der Waals surface area contributed by atoms with Gasteiger partial charge in [-0.3, -0.25) is 9.78 Å². The first kappa shape index (κ1) is 13.2. The Balaban J connectivity index is 1.78. The van der Waals surface area contributed by atoms with Crippen molar-refractivity contribution in [3.8, 4) is 0 Å². The molecular formula is C14H13N3OS2. The molecule has 0 radical (unpaired) electrons. The molecule has 0 bridgehead atoms. The third-order valence-electron chi connectivity index (χ3n) is 3.36. The molecule has 0 atom stereocenters. The summed E-state index contributed by atoms with van der Waals surface area (Å²) in [6.45, 7) is 1.40. The zero-order chi connectivity index (χ0) is 14.1. The summed E-state index contributed by atoms with van der Waals surface area (Å²) in [6.07, 6.45) is 2.47. The first-order chi connectivity index (χ1) is 9.65. The van der Waals surface area contributed by atoms with E-state index in [2.05, 4.69) is 16.4 Å². The first-order valence-electron chi connectivity index (χ1n) is 6.25. The highest BCUT2D eigenvalue weighted by molar-refractivity contribution is 7.80. The fraction of sp³-hybridized carbons (Fsp3) is 0.214. The Hall–Kier alpha value is -1.79. The molecule has 0 aromatic carbocycles. The van der Waals surface area contributed by atoms with Gasteiger partial charge in [-0.15, -0.1) is 11.3 Å². The summed E-state index contributed by atoms with van der Waals surface area (Å²) in [7, 11) is 0. The number of nitrogens with zero attached hydrogens (tertiary/aromatic N) is 2. The van der Waals surface area contributed by atoms with Crippen LogP contribution in [0.2, 0.25) is 0 Å². The van der Waals surface area contributed by atoms with Crippen molar-refractivity contribution in [3.05, 3.63) is 51.5 Å². The van der Waals surface area contributed by atoms with E-state index in [1.165, 1.54) is 10.4 Å². The second-order valence-corrected chi connectivity index (χ2v) is 6.08. The van der Waals surface area contributed by atoms with E-state index in [0.717, 1.165) is 13.0 Å². The predicted octanol–water partition coefficient (Wildman–Crippen LogP) is 1.98. The van der Waals surface area contributed by atoms with Gasteiger partial charge in [0, 0.05) is 29.7 Å². The summed E-state index contributed by atoms with van der Waals surface area (Å²) < 4.78 is 0. The van der Waals surface area contributed by atoms with E-state index >= 15 is 0 Å². The lowest BCUT2D eigenvalue weighted by Crippen LogP contribution is -2.35. The van der Waals surface area contributed by atoms with Crippen LogP contribution in [0, 0.1) is 0 Å². The lowest BCUT2D eigenvalue weighted by atomic mass is 10.1. The van der Waals surface area contributed by atoms with E-state index in [1.807, 2.05) is 4.90 Å². The number of pyridine rings is 1. The number of thiocarbonyl (C=S) groups is 1. The Kier molecular flexibility index (Phi) is 3.50. The van der Waals surface area contributed by atoms with Gasteiger partial charge in [0.2, 0.25) is 0 Å². The van der Waals surface area contributed by atoms with Crippen molar-refractivity contribution in [2.75, 3.05) is 6.54 Å². The fourth-order valence-corrected chi connectivity index (χ4v) is 3.26. The third-order valence-corrected chi connectivity index (χ3v) is 4.62. The zero-order valence-electron chi connectivity index (χ0n) is 10.7. The molecule has 3 rings (SSSR count). The molecule has 1 amide bonds. The van der Waals surface area contributed by atoms with Gasteiger partial charge in [-0.25, -0.2) is 0 Å². The molecule has 3 heterocycles. The summed E-state index contributed by atoms with van der Waals surface area (Å²) >= 11 is 6.63. The second-order valence-electron chi connectivity index (χ2n) is 4.64. The average molecular weight is 303 g/mol. The van der Waals surface area contributed by atoms with Crippen molar-refractivity contribution in [3.63, 3.8) is 0 Å². The number of thiophene rings is 1. The van der Waals surface area contributed by atoms with Crippen LogP contribution in [0.25, 0.3) is 0 Å². The van der Waals surface area contributed by atoms with Gasteiger partial charge in [0.1, 0.15) is 10.7 Å². The van der Waals surface area contributed by atoms with Gasteiger partial charge in [0.25, 0.3) is 5.91 Å². The molecule has 1 aliphatic rings. The van der Waals surface area contributed by atoms with Crippen LogP contribution in [0.3, 0.4) is 0 Å². The van der Waals surface area contributed by atoms with Gasteiger partial charge in [0.15, 0.2) is 0 Å². The number of carbonyl (C=O) groups excluding carboxylic acids is 1. The number of carbonyl (C=O) groups is 1. The Morgan fingerprint density at radius 2 is 2.25 bits per heavy atom. The zero-order valence-corrected chi connectivity index (χ0v) is 12.3.